The van der Waals surface area contributed by atoms with Crippen molar-refractivity contribution in [1.29, 1.82) is 10.5 Å². The lowest BCUT2D eigenvalue weighted by atomic mass is 9.81. The van der Waals surface area contributed by atoms with Crippen molar-refractivity contribution >= 4 is 65.2 Å². The van der Waals surface area contributed by atoms with Crippen LogP contribution in [-0.2, 0) is 5.41 Å². The van der Waals surface area contributed by atoms with Crippen LogP contribution in [0.25, 0.3) is 199 Å². The Balaban J connectivity index is 0.000000150. The molecule has 1 aliphatic carbocycles. The summed E-state index contributed by atoms with van der Waals surface area (Å²) in [6.45, 7) is 4.73. The van der Waals surface area contributed by atoms with E-state index in [-0.39, 0.29) is 5.41 Å². The highest BCUT2D eigenvalue weighted by atomic mass is 15.0. The average Bonchev–Trinajstić information content (AvgIpc) is 1.54. The number of hydrogen-bond acceptors (Lipinski definition) is 4. The Morgan fingerprint density at radius 3 is 1.03 bits per heavy atom. The van der Waals surface area contributed by atoms with Crippen LogP contribution in [0.3, 0.4) is 0 Å². The molecule has 6 heteroatoms. The van der Waals surface area contributed by atoms with Gasteiger partial charge in [-0.15, -0.1) is 0 Å². The van der Waals surface area contributed by atoms with Gasteiger partial charge in [-0.2, -0.15) is 10.5 Å². The second-order valence-corrected chi connectivity index (χ2v) is 31.5. The molecule has 0 N–H and O–H groups in total. The quantitative estimate of drug-likeness (QED) is 0.122. The molecule has 21 aromatic rings. The van der Waals surface area contributed by atoms with Crippen LogP contribution in [0.15, 0.2) is 413 Å². The zero-order valence-electron chi connectivity index (χ0n) is 65.4. The zero-order valence-corrected chi connectivity index (χ0v) is 65.4. The molecule has 22 rings (SSSR count). The smallest absolute Gasteiger partial charge is 0.0991 e. The molecule has 0 saturated heterocycles. The maximum atomic E-state index is 9.76. The summed E-state index contributed by atoms with van der Waals surface area (Å²) in [6.07, 6.45) is 0. The molecule has 17 aromatic carbocycles. The second kappa shape index (κ2) is 29.5. The molecule has 0 unspecified atom stereocenters. The molecular formula is C113H74N6. The van der Waals surface area contributed by atoms with Gasteiger partial charge in [-0.25, -0.2) is 9.97 Å². The van der Waals surface area contributed by atoms with Gasteiger partial charge in [0.15, 0.2) is 0 Å². The van der Waals surface area contributed by atoms with E-state index in [1.54, 1.807) is 0 Å². The number of para-hydroxylation sites is 1. The summed E-state index contributed by atoms with van der Waals surface area (Å²) in [7, 11) is 0. The van der Waals surface area contributed by atoms with E-state index in [0.29, 0.717) is 11.1 Å². The molecule has 0 spiro atoms. The van der Waals surface area contributed by atoms with E-state index in [9.17, 15) is 10.5 Å². The van der Waals surface area contributed by atoms with Gasteiger partial charge in [0.05, 0.1) is 68.1 Å². The zero-order chi connectivity index (χ0) is 79.7. The fourth-order valence-electron chi connectivity index (χ4n) is 18.0. The first-order valence-corrected chi connectivity index (χ1v) is 40.4. The van der Waals surface area contributed by atoms with Crippen LogP contribution in [0.5, 0.6) is 0 Å². The maximum Gasteiger partial charge on any atom is 0.0991 e. The van der Waals surface area contributed by atoms with E-state index in [4.69, 9.17) is 9.97 Å². The number of benzene rings is 17. The van der Waals surface area contributed by atoms with Gasteiger partial charge < -0.3 is 9.13 Å². The minimum Gasteiger partial charge on any atom is -0.309 e. The Labute approximate surface area is 690 Å². The highest BCUT2D eigenvalue weighted by molar-refractivity contribution is 6.14. The van der Waals surface area contributed by atoms with Gasteiger partial charge in [-0.1, -0.05) is 311 Å². The Hall–Kier alpha value is -15.9. The lowest BCUT2D eigenvalue weighted by molar-refractivity contribution is 0.664. The fraction of sp³-hybridized carbons (Fsp3) is 0.0265. The molecule has 0 bridgehead atoms. The predicted molar refractivity (Wildman–Crippen MR) is 494 cm³/mol. The van der Waals surface area contributed by atoms with Crippen LogP contribution in [0.2, 0.25) is 0 Å². The van der Waals surface area contributed by atoms with Crippen molar-refractivity contribution in [1.82, 2.24) is 19.1 Å². The highest BCUT2D eigenvalue weighted by Crippen LogP contribution is 2.54. The molecule has 0 radical (unpaired) electrons. The third kappa shape index (κ3) is 13.0. The lowest BCUT2D eigenvalue weighted by Crippen LogP contribution is -2.16. The third-order valence-electron chi connectivity index (χ3n) is 23.9. The largest absolute Gasteiger partial charge is 0.309 e. The standard InChI is InChI=1S/C62H39N3.C51H35N3/c63-40-41-19-21-44(22-20-41)53-33-54(55-36-59(45-13-3-1-4-14-45)64-60(37-55)46-15-5-2-6-16-46)35-56(34-53)65-61-38-51(49-25-23-42-11-7-9-17-47(42)31-49)27-29-57(61)58-30-28-52(39-62(58)65)50-26-24-43-12-8-10-18-48(43)32-50;1-51(2)45-19-11-9-17-41(45)43-25-26-44-42-18-10-12-20-48(42)54(50(44)49(43)51)40-28-37(34-23-21-33(32-52)22-24-34)27-38(29-40)39-30-46(35-13-5-3-6-14-35)53-47(31-39)36-15-7-4-8-16-36/h1-39H;3-31H,1-2H3. The summed E-state index contributed by atoms with van der Waals surface area (Å²) in [6, 6.07) is 152. The summed E-state index contributed by atoms with van der Waals surface area (Å²) in [5.74, 6) is 0. The lowest BCUT2D eigenvalue weighted by Gasteiger charge is -2.24. The molecular weight excluding hydrogens is 1440 g/mol. The van der Waals surface area contributed by atoms with Gasteiger partial charge in [0, 0.05) is 60.6 Å². The van der Waals surface area contributed by atoms with E-state index >= 15 is 0 Å². The number of pyridine rings is 2. The van der Waals surface area contributed by atoms with Gasteiger partial charge in [0.1, 0.15) is 0 Å². The summed E-state index contributed by atoms with van der Waals surface area (Å²) in [5.41, 5.74) is 34.2. The van der Waals surface area contributed by atoms with Crippen molar-refractivity contribution in [3.63, 3.8) is 0 Å². The van der Waals surface area contributed by atoms with Crippen LogP contribution < -0.4 is 0 Å². The Morgan fingerprint density at radius 2 is 0.580 bits per heavy atom. The van der Waals surface area contributed by atoms with Gasteiger partial charge in [-0.05, 0) is 226 Å². The summed E-state index contributed by atoms with van der Waals surface area (Å²) in [5, 5.41) is 29.1. The topological polar surface area (TPSA) is 83.2 Å². The molecule has 0 amide bonds. The normalized spacial score (nSPS) is 12.0. The van der Waals surface area contributed by atoms with Crippen LogP contribution in [0.1, 0.15) is 36.1 Å². The van der Waals surface area contributed by atoms with Crippen molar-refractivity contribution in [2.24, 2.45) is 0 Å². The first-order chi connectivity index (χ1) is 58.6. The molecule has 1 aliphatic rings. The average molecular weight is 1520 g/mol. The number of nitrogens with zero attached hydrogens (tertiary/aromatic N) is 6. The molecule has 0 saturated carbocycles. The van der Waals surface area contributed by atoms with Gasteiger partial charge >= 0.3 is 0 Å². The van der Waals surface area contributed by atoms with E-state index in [2.05, 4.69) is 399 Å². The summed E-state index contributed by atoms with van der Waals surface area (Å²) >= 11 is 0. The highest BCUT2D eigenvalue weighted by Gasteiger charge is 2.39. The molecule has 4 aromatic heterocycles. The Morgan fingerprint density at radius 1 is 0.235 bits per heavy atom. The van der Waals surface area contributed by atoms with Gasteiger partial charge in [0.25, 0.3) is 0 Å². The monoisotopic (exact) mass is 1510 g/mol. The molecule has 0 atom stereocenters. The van der Waals surface area contributed by atoms with Crippen molar-refractivity contribution in [3.05, 3.63) is 435 Å². The number of nitriles is 2. The van der Waals surface area contributed by atoms with Crippen LogP contribution >= 0.6 is 0 Å². The molecule has 119 heavy (non-hydrogen) atoms. The minimum atomic E-state index is -0.203. The molecule has 0 aliphatic heterocycles. The number of rotatable bonds is 12. The van der Waals surface area contributed by atoms with Crippen molar-refractivity contribution in [2.45, 2.75) is 19.3 Å². The maximum absolute atomic E-state index is 9.76. The molecule has 0 fully saturated rings. The molecule has 4 heterocycles. The van der Waals surface area contributed by atoms with E-state index in [1.165, 1.54) is 87.5 Å². The summed E-state index contributed by atoms with van der Waals surface area (Å²) < 4.78 is 4.94. The SMILES string of the molecule is CC1(C)c2ccccc2-c2ccc3c4ccccc4n(-c4cc(-c5ccc(C#N)cc5)cc(-c5cc(-c6ccccc6)nc(-c6ccccc6)c5)c4)c3c21.N#Cc1ccc(-c2cc(-c3cc(-c4ccccc4)nc(-c4ccccc4)c3)cc(-n3c4cc(-c5ccc6ccccc6c5)ccc4c4ccc(-c5ccc6ccccc6c5)cc43)c2)cc1. The first kappa shape index (κ1) is 71.0. The molecule has 6 nitrogen and oxygen atoms in total. The number of aromatic nitrogens is 4. The van der Waals surface area contributed by atoms with E-state index in [0.717, 1.165) is 123 Å². The first-order valence-electron chi connectivity index (χ1n) is 40.4. The fourth-order valence-corrected chi connectivity index (χ4v) is 18.0. The van der Waals surface area contributed by atoms with Crippen LogP contribution in [0.4, 0.5) is 0 Å². The van der Waals surface area contributed by atoms with Gasteiger partial charge in [-0.3, -0.25) is 0 Å². The van der Waals surface area contributed by atoms with E-state index < -0.39 is 0 Å². The second-order valence-electron chi connectivity index (χ2n) is 31.5. The predicted octanol–water partition coefficient (Wildman–Crippen LogP) is 29.4. The Bertz CT molecular complexity index is 7420. The van der Waals surface area contributed by atoms with Crippen molar-refractivity contribution in [2.75, 3.05) is 0 Å². The van der Waals surface area contributed by atoms with Crippen molar-refractivity contribution in [3.8, 4) is 146 Å². The number of hydrogen-bond donors (Lipinski definition) is 0. The number of fused-ring (bicyclic) bond motifs is 12. The van der Waals surface area contributed by atoms with Gasteiger partial charge in [0.2, 0.25) is 0 Å². The third-order valence-corrected chi connectivity index (χ3v) is 23.9. The van der Waals surface area contributed by atoms with Crippen LogP contribution in [0, 0.1) is 22.7 Å². The minimum absolute atomic E-state index is 0.203. The Kier molecular flexibility index (Phi) is 17.6. The van der Waals surface area contributed by atoms with Crippen LogP contribution in [-0.4, -0.2) is 19.1 Å². The van der Waals surface area contributed by atoms with E-state index in [1.807, 2.05) is 48.5 Å². The molecule has 556 valence electrons. The van der Waals surface area contributed by atoms with Crippen molar-refractivity contribution < 1.29 is 0 Å². The summed E-state index contributed by atoms with van der Waals surface area (Å²) in [4.78, 5) is 10.4.